The second-order valence-corrected chi connectivity index (χ2v) is 11.0. The summed E-state index contributed by atoms with van der Waals surface area (Å²) in [5.41, 5.74) is 9.13. The Morgan fingerprint density at radius 1 is 1.00 bits per heavy atom. The highest BCUT2D eigenvalue weighted by molar-refractivity contribution is 7.98. The minimum atomic E-state index is -0.833. The Morgan fingerprint density at radius 3 is 2.38 bits per heavy atom. The number of rotatable bonds is 9. The molecule has 5 heteroatoms. The van der Waals surface area contributed by atoms with E-state index < -0.39 is 5.97 Å². The Labute approximate surface area is 226 Å². The molecule has 0 amide bonds. The molecule has 0 fully saturated rings. The zero-order chi connectivity index (χ0) is 26.9. The fourth-order valence-electron chi connectivity index (χ4n) is 4.94. The Morgan fingerprint density at radius 2 is 1.70 bits per heavy atom. The molecule has 3 aromatic rings. The zero-order valence-electron chi connectivity index (χ0n) is 23.0. The predicted octanol–water partition coefficient (Wildman–Crippen LogP) is 8.07. The second kappa shape index (κ2) is 13.6. The minimum absolute atomic E-state index is 0.575. The topological polar surface area (TPSA) is 55.8 Å². The van der Waals surface area contributed by atoms with Crippen LogP contribution in [0, 0.1) is 19.8 Å². The summed E-state index contributed by atoms with van der Waals surface area (Å²) >= 11 is 1.86. The molecular formula is C32H40O4S. The van der Waals surface area contributed by atoms with Crippen molar-refractivity contribution < 1.29 is 19.4 Å². The van der Waals surface area contributed by atoms with Gasteiger partial charge in [0.25, 0.3) is 5.97 Å². The maximum absolute atomic E-state index is 9.00. The first kappa shape index (κ1) is 28.6. The average Bonchev–Trinajstić information content (AvgIpc) is 3.13. The van der Waals surface area contributed by atoms with Crippen LogP contribution in [0.15, 0.2) is 54.6 Å². The number of fused-ring (bicyclic) bond motifs is 1. The van der Waals surface area contributed by atoms with Crippen LogP contribution in [0.3, 0.4) is 0 Å². The van der Waals surface area contributed by atoms with Gasteiger partial charge in [-0.05, 0) is 120 Å². The number of hydrogen-bond donors (Lipinski definition) is 1. The molecule has 0 aliphatic heterocycles. The molecule has 1 unspecified atom stereocenters. The number of ether oxygens (including phenoxy) is 2. The molecule has 0 aromatic heterocycles. The highest BCUT2D eigenvalue weighted by Crippen LogP contribution is 2.39. The summed E-state index contributed by atoms with van der Waals surface area (Å²) in [5.74, 6) is 3.56. The van der Waals surface area contributed by atoms with Gasteiger partial charge in [-0.3, -0.25) is 4.79 Å². The molecule has 3 aromatic carbocycles. The second-order valence-electron chi connectivity index (χ2n) is 9.97. The molecule has 37 heavy (non-hydrogen) atoms. The molecule has 2 atom stereocenters. The van der Waals surface area contributed by atoms with Crippen LogP contribution in [0.1, 0.15) is 60.9 Å². The van der Waals surface area contributed by atoms with E-state index in [0.29, 0.717) is 18.4 Å². The van der Waals surface area contributed by atoms with Gasteiger partial charge in [-0.1, -0.05) is 38.1 Å². The lowest BCUT2D eigenvalue weighted by Crippen LogP contribution is -2.01. The summed E-state index contributed by atoms with van der Waals surface area (Å²) in [6.45, 7) is 11.4. The van der Waals surface area contributed by atoms with Gasteiger partial charge in [-0.25, -0.2) is 0 Å². The third-order valence-electron chi connectivity index (χ3n) is 6.89. The quantitative estimate of drug-likeness (QED) is 0.289. The molecule has 198 valence electrons. The van der Waals surface area contributed by atoms with Gasteiger partial charge in [0.15, 0.2) is 0 Å². The van der Waals surface area contributed by atoms with Crippen LogP contribution < -0.4 is 9.47 Å². The maximum Gasteiger partial charge on any atom is 0.300 e. The van der Waals surface area contributed by atoms with Crippen molar-refractivity contribution in [3.05, 3.63) is 82.4 Å². The summed E-state index contributed by atoms with van der Waals surface area (Å²) in [4.78, 5) is 9.00. The van der Waals surface area contributed by atoms with Crippen LogP contribution in [0.25, 0.3) is 11.1 Å². The predicted molar refractivity (Wildman–Crippen MR) is 155 cm³/mol. The number of hydrogen-bond acceptors (Lipinski definition) is 4. The lowest BCUT2D eigenvalue weighted by molar-refractivity contribution is -0.134. The van der Waals surface area contributed by atoms with Crippen molar-refractivity contribution in [2.24, 2.45) is 5.92 Å². The molecule has 0 radical (unpaired) electrons. The highest BCUT2D eigenvalue weighted by atomic mass is 32.2. The molecule has 0 spiro atoms. The number of benzene rings is 3. The van der Waals surface area contributed by atoms with Gasteiger partial charge in [0.2, 0.25) is 0 Å². The largest absolute Gasteiger partial charge is 0.494 e. The fourth-order valence-corrected chi connectivity index (χ4v) is 5.35. The highest BCUT2D eigenvalue weighted by Gasteiger charge is 2.25. The lowest BCUT2D eigenvalue weighted by Gasteiger charge is -2.15. The van der Waals surface area contributed by atoms with Gasteiger partial charge >= 0.3 is 0 Å². The van der Waals surface area contributed by atoms with Gasteiger partial charge in [0.1, 0.15) is 18.1 Å². The van der Waals surface area contributed by atoms with Crippen LogP contribution in [-0.4, -0.2) is 29.7 Å². The lowest BCUT2D eigenvalue weighted by atomic mass is 9.94. The fraction of sp³-hybridized carbons (Fsp3) is 0.406. The van der Waals surface area contributed by atoms with Crippen molar-refractivity contribution >= 4 is 17.7 Å². The molecule has 0 heterocycles. The Balaban J connectivity index is 0.000000886. The molecule has 4 rings (SSSR count). The third kappa shape index (κ3) is 8.03. The summed E-state index contributed by atoms with van der Waals surface area (Å²) in [7, 11) is 0. The zero-order valence-corrected chi connectivity index (χ0v) is 23.8. The third-order valence-corrected chi connectivity index (χ3v) is 7.59. The minimum Gasteiger partial charge on any atom is -0.494 e. The molecule has 1 aliphatic rings. The van der Waals surface area contributed by atoms with Crippen molar-refractivity contribution in [1.29, 1.82) is 0 Å². The normalized spacial score (nSPS) is 15.9. The van der Waals surface area contributed by atoms with Gasteiger partial charge in [0.05, 0.1) is 6.61 Å². The maximum atomic E-state index is 9.00. The smallest absolute Gasteiger partial charge is 0.300 e. The van der Waals surface area contributed by atoms with Crippen molar-refractivity contribution in [3.63, 3.8) is 0 Å². The number of aliphatic carboxylic acids is 1. The van der Waals surface area contributed by atoms with Gasteiger partial charge in [-0.2, -0.15) is 11.8 Å². The number of carboxylic acid groups (broad SMARTS) is 1. The van der Waals surface area contributed by atoms with E-state index in [-0.39, 0.29) is 0 Å². The van der Waals surface area contributed by atoms with Gasteiger partial charge in [-0.15, -0.1) is 0 Å². The molecule has 0 saturated carbocycles. The van der Waals surface area contributed by atoms with Crippen molar-refractivity contribution in [2.45, 2.75) is 60.0 Å². The van der Waals surface area contributed by atoms with E-state index in [4.69, 9.17) is 19.4 Å². The summed E-state index contributed by atoms with van der Waals surface area (Å²) < 4.78 is 12.2. The first-order valence-corrected chi connectivity index (χ1v) is 14.4. The van der Waals surface area contributed by atoms with E-state index in [1.807, 2.05) is 11.8 Å². The Hall–Kier alpha value is -2.92. The summed E-state index contributed by atoms with van der Waals surface area (Å²) in [5, 5.41) is 7.42. The first-order chi connectivity index (χ1) is 17.7. The van der Waals surface area contributed by atoms with Crippen molar-refractivity contribution in [1.82, 2.24) is 0 Å². The Bertz CT molecular complexity index is 1180. The summed E-state index contributed by atoms with van der Waals surface area (Å²) in [6, 6.07) is 19.7. The number of aryl methyl sites for hydroxylation is 2. The van der Waals surface area contributed by atoms with E-state index in [0.717, 1.165) is 37.2 Å². The molecule has 1 aliphatic carbocycles. The van der Waals surface area contributed by atoms with Crippen LogP contribution in [0.5, 0.6) is 11.5 Å². The number of carboxylic acids is 1. The monoisotopic (exact) mass is 520 g/mol. The Kier molecular flexibility index (Phi) is 10.5. The van der Waals surface area contributed by atoms with E-state index >= 15 is 0 Å². The van der Waals surface area contributed by atoms with Crippen LogP contribution >= 0.6 is 11.8 Å². The van der Waals surface area contributed by atoms with E-state index in [2.05, 4.69) is 88.5 Å². The average molecular weight is 521 g/mol. The number of carbonyl (C=O) groups is 1. The van der Waals surface area contributed by atoms with Crippen LogP contribution in [0.2, 0.25) is 0 Å². The summed E-state index contributed by atoms with van der Waals surface area (Å²) in [6.07, 6.45) is 4.39. The molecule has 1 N–H and O–H groups in total. The van der Waals surface area contributed by atoms with E-state index in [9.17, 15) is 0 Å². The standard InChI is InChI=1S/C30H36O2S.C2H4O2/c1-20-14-25-10-11-27(18-29(25)23(20)4)32-19-24-8-6-9-26(17-24)30-21(2)15-28(16-22(30)3)31-12-7-13-33-5;1-2(3)4/h6,8-11,15-18,20,23H,7,12-14,19H2,1-5H3;1H3,(H,3,4)/t20-,23?;/m0./s1. The van der Waals surface area contributed by atoms with E-state index in [1.54, 1.807) is 0 Å². The molecule has 0 saturated heterocycles. The molecule has 4 nitrogen and oxygen atoms in total. The van der Waals surface area contributed by atoms with Gasteiger partial charge < -0.3 is 14.6 Å². The molecule has 0 bridgehead atoms. The first-order valence-electron chi connectivity index (χ1n) is 13.0. The van der Waals surface area contributed by atoms with Gasteiger partial charge in [0, 0.05) is 6.92 Å². The number of thioether (sulfide) groups is 1. The van der Waals surface area contributed by atoms with Crippen LogP contribution in [-0.2, 0) is 17.8 Å². The van der Waals surface area contributed by atoms with Crippen LogP contribution in [0.4, 0.5) is 0 Å². The van der Waals surface area contributed by atoms with Crippen molar-refractivity contribution in [3.8, 4) is 22.6 Å². The molecular weight excluding hydrogens is 480 g/mol. The SMILES string of the molecule is CC(=O)O.CSCCCOc1cc(C)c(-c2cccc(COc3ccc4c(c3)C(C)[C@@H](C)C4)c2)c(C)c1. The van der Waals surface area contributed by atoms with Crippen molar-refractivity contribution in [2.75, 3.05) is 18.6 Å². The van der Waals surface area contributed by atoms with E-state index in [1.165, 1.54) is 45.4 Å².